The Morgan fingerprint density at radius 3 is 2.17 bits per heavy atom. The van der Waals surface area contributed by atoms with Gasteiger partial charge in [0.05, 0.1) is 4.92 Å². The number of anilines is 1. The maximum atomic E-state index is 13.0. The number of benzene rings is 1. The van der Waals surface area contributed by atoms with Gasteiger partial charge in [0, 0.05) is 64.3 Å². The van der Waals surface area contributed by atoms with Crippen molar-refractivity contribution in [2.75, 3.05) is 57.3 Å². The molecule has 0 bridgehead atoms. The first-order valence-electron chi connectivity index (χ1n) is 10.8. The van der Waals surface area contributed by atoms with Gasteiger partial charge in [0.25, 0.3) is 5.69 Å². The lowest BCUT2D eigenvalue weighted by Crippen LogP contribution is -2.53. The Morgan fingerprint density at radius 2 is 1.60 bits per heavy atom. The summed E-state index contributed by atoms with van der Waals surface area (Å²) in [6.45, 7) is 8.83. The Hall–Kier alpha value is -2.84. The lowest BCUT2D eigenvalue weighted by molar-refractivity contribution is -0.384. The van der Waals surface area contributed by atoms with Gasteiger partial charge < -0.3 is 19.6 Å². The lowest BCUT2D eigenvalue weighted by atomic mass is 9.95. The zero-order valence-electron chi connectivity index (χ0n) is 17.8. The number of urea groups is 1. The molecular weight excluding hydrogens is 386 g/mol. The molecule has 3 amide bonds. The van der Waals surface area contributed by atoms with Crippen LogP contribution in [0.5, 0.6) is 0 Å². The summed E-state index contributed by atoms with van der Waals surface area (Å²) in [5.41, 5.74) is 0.709. The second kappa shape index (κ2) is 9.77. The van der Waals surface area contributed by atoms with E-state index in [0.717, 1.165) is 0 Å². The predicted octanol–water partition coefficient (Wildman–Crippen LogP) is 2.42. The number of piperidine rings is 1. The second-order valence-electron chi connectivity index (χ2n) is 7.77. The fourth-order valence-corrected chi connectivity index (χ4v) is 4.32. The van der Waals surface area contributed by atoms with Gasteiger partial charge >= 0.3 is 6.03 Å². The topological polar surface area (TPSA) is 90.2 Å². The molecule has 30 heavy (non-hydrogen) atoms. The van der Waals surface area contributed by atoms with E-state index < -0.39 is 0 Å². The molecule has 3 rings (SSSR count). The summed E-state index contributed by atoms with van der Waals surface area (Å²) in [4.78, 5) is 43.9. The molecular formula is C21H31N5O4. The molecule has 0 N–H and O–H groups in total. The number of carbonyl (C=O) groups excluding carboxylic acids is 2. The normalized spacial score (nSPS) is 17.7. The monoisotopic (exact) mass is 417 g/mol. The first kappa shape index (κ1) is 21.9. The highest BCUT2D eigenvalue weighted by molar-refractivity contribution is 5.80. The number of carbonyl (C=O) groups is 2. The van der Waals surface area contributed by atoms with Gasteiger partial charge in [-0.25, -0.2) is 4.79 Å². The van der Waals surface area contributed by atoms with Crippen molar-refractivity contribution in [3.8, 4) is 0 Å². The van der Waals surface area contributed by atoms with Crippen LogP contribution in [0.4, 0.5) is 16.2 Å². The standard InChI is InChI=1S/C21H31N5O4/c1-3-22(4-2)21(28)25-11-9-17(10-12-25)20(27)24-15-13-23(14-16-24)18-7-5-6-8-19(18)26(29)30/h5-8,17H,3-4,9-16H2,1-2H3. The molecule has 0 aromatic heterocycles. The predicted molar refractivity (Wildman–Crippen MR) is 115 cm³/mol. The van der Waals surface area contributed by atoms with E-state index in [1.165, 1.54) is 6.07 Å². The second-order valence-corrected chi connectivity index (χ2v) is 7.77. The maximum Gasteiger partial charge on any atom is 0.319 e. The molecule has 0 saturated carbocycles. The zero-order chi connectivity index (χ0) is 21.7. The number of rotatable bonds is 5. The van der Waals surface area contributed by atoms with Crippen molar-refractivity contribution in [2.45, 2.75) is 26.7 Å². The van der Waals surface area contributed by atoms with Crippen LogP contribution in [-0.2, 0) is 4.79 Å². The van der Waals surface area contributed by atoms with Crippen molar-refractivity contribution in [3.05, 3.63) is 34.4 Å². The fraction of sp³-hybridized carbons (Fsp3) is 0.619. The van der Waals surface area contributed by atoms with Crippen LogP contribution in [-0.4, -0.2) is 83.9 Å². The third-order valence-corrected chi connectivity index (χ3v) is 6.16. The Morgan fingerprint density at radius 1 is 1.00 bits per heavy atom. The first-order chi connectivity index (χ1) is 14.5. The quantitative estimate of drug-likeness (QED) is 0.542. The summed E-state index contributed by atoms with van der Waals surface area (Å²) in [6, 6.07) is 6.80. The Bertz CT molecular complexity index is 766. The number of nitro groups is 1. The summed E-state index contributed by atoms with van der Waals surface area (Å²) >= 11 is 0. The van der Waals surface area contributed by atoms with Crippen molar-refractivity contribution in [1.82, 2.24) is 14.7 Å². The lowest BCUT2D eigenvalue weighted by Gasteiger charge is -2.39. The molecule has 164 valence electrons. The average molecular weight is 418 g/mol. The van der Waals surface area contributed by atoms with Crippen LogP contribution < -0.4 is 4.90 Å². The van der Waals surface area contributed by atoms with E-state index in [-0.39, 0.29) is 28.5 Å². The Balaban J connectivity index is 1.52. The Kier molecular flexibility index (Phi) is 7.12. The summed E-state index contributed by atoms with van der Waals surface area (Å²) in [7, 11) is 0. The highest BCUT2D eigenvalue weighted by Gasteiger charge is 2.33. The van der Waals surface area contributed by atoms with E-state index in [0.29, 0.717) is 70.9 Å². The minimum absolute atomic E-state index is 0.0524. The summed E-state index contributed by atoms with van der Waals surface area (Å²) in [6.07, 6.45) is 1.38. The van der Waals surface area contributed by atoms with E-state index in [1.54, 1.807) is 18.2 Å². The van der Waals surface area contributed by atoms with Crippen LogP contribution in [0, 0.1) is 16.0 Å². The van der Waals surface area contributed by atoms with Crippen molar-refractivity contribution in [2.24, 2.45) is 5.92 Å². The summed E-state index contributed by atoms with van der Waals surface area (Å²) < 4.78 is 0. The van der Waals surface area contributed by atoms with Crippen LogP contribution in [0.1, 0.15) is 26.7 Å². The van der Waals surface area contributed by atoms with Crippen LogP contribution in [0.2, 0.25) is 0 Å². The molecule has 9 nitrogen and oxygen atoms in total. The van der Waals surface area contributed by atoms with Gasteiger partial charge in [0.1, 0.15) is 5.69 Å². The number of nitro benzene ring substituents is 1. The maximum absolute atomic E-state index is 13.0. The molecule has 2 aliphatic rings. The largest absolute Gasteiger partial charge is 0.362 e. The highest BCUT2D eigenvalue weighted by atomic mass is 16.6. The fourth-order valence-electron chi connectivity index (χ4n) is 4.32. The van der Waals surface area contributed by atoms with Gasteiger partial charge in [0.2, 0.25) is 5.91 Å². The van der Waals surface area contributed by atoms with Gasteiger partial charge in [-0.3, -0.25) is 14.9 Å². The number of nitrogens with zero attached hydrogens (tertiary/aromatic N) is 5. The van der Waals surface area contributed by atoms with Crippen LogP contribution in [0.25, 0.3) is 0 Å². The number of amides is 3. The number of piperazine rings is 1. The van der Waals surface area contributed by atoms with Gasteiger partial charge in [-0.1, -0.05) is 12.1 Å². The number of likely N-dealkylation sites (tertiary alicyclic amines) is 1. The van der Waals surface area contributed by atoms with Crippen molar-refractivity contribution in [1.29, 1.82) is 0 Å². The van der Waals surface area contributed by atoms with E-state index in [4.69, 9.17) is 0 Å². The van der Waals surface area contributed by atoms with Crippen molar-refractivity contribution >= 4 is 23.3 Å². The molecule has 1 aromatic rings. The van der Waals surface area contributed by atoms with Gasteiger partial charge in [-0.05, 0) is 32.8 Å². The third kappa shape index (κ3) is 4.66. The molecule has 2 aliphatic heterocycles. The average Bonchev–Trinajstić information content (AvgIpc) is 2.79. The smallest absolute Gasteiger partial charge is 0.319 e. The highest BCUT2D eigenvalue weighted by Crippen LogP contribution is 2.29. The molecule has 0 spiro atoms. The van der Waals surface area contributed by atoms with E-state index in [9.17, 15) is 19.7 Å². The van der Waals surface area contributed by atoms with Gasteiger partial charge in [-0.2, -0.15) is 0 Å². The minimum Gasteiger partial charge on any atom is -0.362 e. The molecule has 0 aliphatic carbocycles. The van der Waals surface area contributed by atoms with Gasteiger partial charge in [0.15, 0.2) is 0 Å². The first-order valence-corrected chi connectivity index (χ1v) is 10.8. The molecule has 0 atom stereocenters. The molecule has 9 heteroatoms. The van der Waals surface area contributed by atoms with Crippen molar-refractivity contribution in [3.63, 3.8) is 0 Å². The zero-order valence-corrected chi connectivity index (χ0v) is 17.8. The summed E-state index contributed by atoms with van der Waals surface area (Å²) in [5.74, 6) is 0.0931. The van der Waals surface area contributed by atoms with Crippen LogP contribution in [0.15, 0.2) is 24.3 Å². The third-order valence-electron chi connectivity index (χ3n) is 6.16. The van der Waals surface area contributed by atoms with Crippen molar-refractivity contribution < 1.29 is 14.5 Å². The van der Waals surface area contributed by atoms with Gasteiger partial charge in [-0.15, -0.1) is 0 Å². The molecule has 0 radical (unpaired) electrons. The Labute approximate surface area is 177 Å². The molecule has 1 aromatic carbocycles. The molecule has 2 heterocycles. The van der Waals surface area contributed by atoms with E-state index in [2.05, 4.69) is 0 Å². The molecule has 2 fully saturated rings. The molecule has 2 saturated heterocycles. The molecule has 0 unspecified atom stereocenters. The van der Waals surface area contributed by atoms with E-state index >= 15 is 0 Å². The SMILES string of the molecule is CCN(CC)C(=O)N1CCC(C(=O)N2CCN(c3ccccc3[N+](=O)[O-])CC2)CC1. The van der Waals surface area contributed by atoms with E-state index in [1.807, 2.05) is 33.4 Å². The minimum atomic E-state index is -0.361. The summed E-state index contributed by atoms with van der Waals surface area (Å²) in [5, 5.41) is 11.3. The van der Waals surface area contributed by atoms with Crippen LogP contribution in [0.3, 0.4) is 0 Å². The van der Waals surface area contributed by atoms with Crippen LogP contribution >= 0.6 is 0 Å². The number of hydrogen-bond donors (Lipinski definition) is 0. The number of hydrogen-bond acceptors (Lipinski definition) is 5. The number of para-hydroxylation sites is 2.